The van der Waals surface area contributed by atoms with Crippen LogP contribution in [-0.4, -0.2) is 31.0 Å². The highest BCUT2D eigenvalue weighted by Gasteiger charge is 2.49. The lowest BCUT2D eigenvalue weighted by atomic mass is 9.74. The molecule has 1 aliphatic carbocycles. The number of rotatable bonds is 3. The van der Waals surface area contributed by atoms with Gasteiger partial charge in [-0.25, -0.2) is 8.42 Å². The fourth-order valence-corrected chi connectivity index (χ4v) is 4.31. The van der Waals surface area contributed by atoms with Gasteiger partial charge in [0.25, 0.3) is 0 Å². The Morgan fingerprint density at radius 1 is 1.27 bits per heavy atom. The molecular formula is C10H16O4S. The smallest absolute Gasteiger partial charge is 0.303 e. The third-order valence-corrected chi connectivity index (χ3v) is 5.42. The minimum Gasteiger partial charge on any atom is -0.481 e. The predicted octanol–water partition coefficient (Wildman–Crippen LogP) is 1.07. The summed E-state index contributed by atoms with van der Waals surface area (Å²) in [6.45, 7) is 0. The van der Waals surface area contributed by atoms with Crippen molar-refractivity contribution in [1.82, 2.24) is 0 Å². The molecule has 2 rings (SSSR count). The molecule has 4 nitrogen and oxygen atoms in total. The van der Waals surface area contributed by atoms with E-state index in [1.807, 2.05) is 0 Å². The van der Waals surface area contributed by atoms with Gasteiger partial charge in [-0.2, -0.15) is 0 Å². The van der Waals surface area contributed by atoms with E-state index in [2.05, 4.69) is 0 Å². The summed E-state index contributed by atoms with van der Waals surface area (Å²) in [7, 11) is -2.89. The van der Waals surface area contributed by atoms with Gasteiger partial charge in [-0.15, -0.1) is 0 Å². The SMILES string of the molecule is O=C(O)CC1(C2CC2)CCS(=O)(=O)CC1. The molecule has 2 fully saturated rings. The molecule has 15 heavy (non-hydrogen) atoms. The van der Waals surface area contributed by atoms with Crippen LogP contribution >= 0.6 is 0 Å². The Morgan fingerprint density at radius 2 is 1.80 bits per heavy atom. The number of carboxylic acids is 1. The van der Waals surface area contributed by atoms with Gasteiger partial charge in [0.1, 0.15) is 9.84 Å². The van der Waals surface area contributed by atoms with Crippen molar-refractivity contribution in [3.63, 3.8) is 0 Å². The van der Waals surface area contributed by atoms with Gasteiger partial charge in [-0.1, -0.05) is 0 Å². The summed E-state index contributed by atoms with van der Waals surface area (Å²) in [6, 6.07) is 0. The summed E-state index contributed by atoms with van der Waals surface area (Å²) < 4.78 is 22.6. The number of carboxylic acid groups (broad SMARTS) is 1. The number of hydrogen-bond acceptors (Lipinski definition) is 3. The van der Waals surface area contributed by atoms with Gasteiger partial charge in [-0.05, 0) is 37.0 Å². The van der Waals surface area contributed by atoms with Crippen molar-refractivity contribution in [2.75, 3.05) is 11.5 Å². The van der Waals surface area contributed by atoms with Crippen LogP contribution in [0.5, 0.6) is 0 Å². The van der Waals surface area contributed by atoms with Gasteiger partial charge >= 0.3 is 5.97 Å². The minimum absolute atomic E-state index is 0.146. The van der Waals surface area contributed by atoms with E-state index in [-0.39, 0.29) is 23.3 Å². The Kier molecular flexibility index (Phi) is 2.53. The minimum atomic E-state index is -2.89. The second kappa shape index (κ2) is 3.47. The topological polar surface area (TPSA) is 71.4 Å². The van der Waals surface area contributed by atoms with Crippen molar-refractivity contribution in [1.29, 1.82) is 0 Å². The lowest BCUT2D eigenvalue weighted by Crippen LogP contribution is -2.37. The van der Waals surface area contributed by atoms with Crippen LogP contribution in [0.4, 0.5) is 0 Å². The maximum Gasteiger partial charge on any atom is 0.303 e. The molecule has 0 atom stereocenters. The van der Waals surface area contributed by atoms with Crippen LogP contribution in [0.2, 0.25) is 0 Å². The van der Waals surface area contributed by atoms with Crippen LogP contribution in [0.3, 0.4) is 0 Å². The summed E-state index contributed by atoms with van der Waals surface area (Å²) in [5.41, 5.74) is -0.211. The van der Waals surface area contributed by atoms with Gasteiger partial charge < -0.3 is 5.11 Å². The van der Waals surface area contributed by atoms with Crippen molar-refractivity contribution in [3.05, 3.63) is 0 Å². The highest BCUT2D eigenvalue weighted by molar-refractivity contribution is 7.91. The molecule has 86 valence electrons. The third kappa shape index (κ3) is 2.33. The van der Waals surface area contributed by atoms with Crippen LogP contribution in [0.1, 0.15) is 32.1 Å². The van der Waals surface area contributed by atoms with Gasteiger partial charge in [0.05, 0.1) is 17.9 Å². The Morgan fingerprint density at radius 3 is 2.20 bits per heavy atom. The lowest BCUT2D eigenvalue weighted by molar-refractivity contribution is -0.140. The molecule has 0 aromatic heterocycles. The van der Waals surface area contributed by atoms with Crippen LogP contribution in [0.25, 0.3) is 0 Å². The van der Waals surface area contributed by atoms with Crippen molar-refractivity contribution in [3.8, 4) is 0 Å². The third-order valence-electron chi connectivity index (χ3n) is 3.77. The first-order chi connectivity index (χ1) is 6.94. The molecule has 1 saturated heterocycles. The van der Waals surface area contributed by atoms with E-state index in [4.69, 9.17) is 5.11 Å². The lowest BCUT2D eigenvalue weighted by Gasteiger charge is -2.36. The van der Waals surface area contributed by atoms with Crippen LogP contribution in [0, 0.1) is 11.3 Å². The van der Waals surface area contributed by atoms with Gasteiger partial charge in [-0.3, -0.25) is 4.79 Å². The number of sulfone groups is 1. The largest absolute Gasteiger partial charge is 0.481 e. The van der Waals surface area contributed by atoms with Crippen LogP contribution in [-0.2, 0) is 14.6 Å². The van der Waals surface area contributed by atoms with Gasteiger partial charge in [0.15, 0.2) is 0 Å². The number of hydrogen-bond donors (Lipinski definition) is 1. The Balaban J connectivity index is 2.11. The van der Waals surface area contributed by atoms with E-state index in [1.165, 1.54) is 0 Å². The fraction of sp³-hybridized carbons (Fsp3) is 0.900. The maximum absolute atomic E-state index is 11.3. The summed E-state index contributed by atoms with van der Waals surface area (Å²) in [5.74, 6) is 0.0263. The van der Waals surface area contributed by atoms with Crippen molar-refractivity contribution < 1.29 is 18.3 Å². The van der Waals surface area contributed by atoms with E-state index in [9.17, 15) is 13.2 Å². The summed E-state index contributed by atoms with van der Waals surface area (Å²) >= 11 is 0. The monoisotopic (exact) mass is 232 g/mol. The van der Waals surface area contributed by atoms with Crippen molar-refractivity contribution in [2.24, 2.45) is 11.3 Å². The number of aliphatic carboxylic acids is 1. The molecule has 0 aromatic carbocycles. The molecule has 1 heterocycles. The molecule has 0 bridgehead atoms. The predicted molar refractivity (Wildman–Crippen MR) is 55.3 cm³/mol. The quantitative estimate of drug-likeness (QED) is 0.790. The van der Waals surface area contributed by atoms with E-state index in [1.54, 1.807) is 0 Å². The Bertz CT molecular complexity index is 353. The highest BCUT2D eigenvalue weighted by Crippen LogP contribution is 2.53. The molecule has 1 aliphatic heterocycles. The standard InChI is InChI=1S/C10H16O4S/c11-9(12)7-10(8-1-2-8)3-5-15(13,14)6-4-10/h8H,1-7H2,(H,11,12). The molecule has 0 unspecified atom stereocenters. The first-order valence-electron chi connectivity index (χ1n) is 5.36. The first-order valence-corrected chi connectivity index (χ1v) is 7.18. The van der Waals surface area contributed by atoms with E-state index in [0.717, 1.165) is 12.8 Å². The van der Waals surface area contributed by atoms with E-state index in [0.29, 0.717) is 18.8 Å². The zero-order valence-corrected chi connectivity index (χ0v) is 9.42. The second-order valence-electron chi connectivity index (χ2n) is 4.86. The molecule has 5 heteroatoms. The van der Waals surface area contributed by atoms with Crippen LogP contribution < -0.4 is 0 Å². The van der Waals surface area contributed by atoms with Gasteiger partial charge in [0, 0.05) is 0 Å². The number of carbonyl (C=O) groups is 1. The Labute approximate surface area is 89.6 Å². The molecule has 0 radical (unpaired) electrons. The van der Waals surface area contributed by atoms with Gasteiger partial charge in [0.2, 0.25) is 0 Å². The zero-order valence-electron chi connectivity index (χ0n) is 8.61. The molecular weight excluding hydrogens is 216 g/mol. The average molecular weight is 232 g/mol. The molecule has 0 amide bonds. The molecule has 1 saturated carbocycles. The average Bonchev–Trinajstić information content (AvgIpc) is 2.91. The van der Waals surface area contributed by atoms with Crippen molar-refractivity contribution in [2.45, 2.75) is 32.1 Å². The maximum atomic E-state index is 11.3. The fourth-order valence-electron chi connectivity index (χ4n) is 2.67. The summed E-state index contributed by atoms with van der Waals surface area (Å²) in [4.78, 5) is 10.8. The van der Waals surface area contributed by atoms with E-state index < -0.39 is 15.8 Å². The molecule has 0 spiro atoms. The first kappa shape index (κ1) is 10.9. The van der Waals surface area contributed by atoms with Crippen molar-refractivity contribution >= 4 is 15.8 Å². The molecule has 0 aromatic rings. The molecule has 2 aliphatic rings. The normalized spacial score (nSPS) is 28.5. The summed E-state index contributed by atoms with van der Waals surface area (Å²) in [6.07, 6.45) is 3.40. The second-order valence-corrected chi connectivity index (χ2v) is 7.16. The highest BCUT2D eigenvalue weighted by atomic mass is 32.2. The molecule has 1 N–H and O–H groups in total. The zero-order chi connectivity index (χ0) is 11.1. The summed E-state index contributed by atoms with van der Waals surface area (Å²) in [5, 5.41) is 8.89. The van der Waals surface area contributed by atoms with Crippen LogP contribution in [0.15, 0.2) is 0 Å². The van der Waals surface area contributed by atoms with E-state index >= 15 is 0 Å². The Hall–Kier alpha value is -0.580.